The second-order valence-electron chi connectivity index (χ2n) is 6.49. The molecule has 0 fully saturated rings. The maximum atomic E-state index is 13.4. The maximum Gasteiger partial charge on any atom is 0.100 e. The van der Waals surface area contributed by atoms with Crippen molar-refractivity contribution in [2.24, 2.45) is 0 Å². The Morgan fingerprint density at radius 2 is 1.00 bits per heavy atom. The average molecular weight is 303 g/mol. The largest absolute Gasteiger partial charge is 0.396 e. The molecule has 0 unspecified atom stereocenters. The number of aliphatic hydroxyl groups is 1. The molecule has 1 N–H and O–H groups in total. The molecule has 0 heterocycles. The minimum Gasteiger partial charge on any atom is -0.396 e. The summed E-state index contributed by atoms with van der Waals surface area (Å²) in [6.45, 7) is 2.46. The van der Waals surface area contributed by atoms with Crippen molar-refractivity contribution in [1.82, 2.24) is 0 Å². The van der Waals surface area contributed by atoms with Crippen molar-refractivity contribution in [3.63, 3.8) is 0 Å². The van der Waals surface area contributed by atoms with Crippen LogP contribution in [-0.2, 0) is 0 Å². The van der Waals surface area contributed by atoms with E-state index < -0.39 is 6.17 Å². The molecule has 0 aromatic heterocycles. The molecule has 0 aliphatic heterocycles. The van der Waals surface area contributed by atoms with E-state index in [4.69, 9.17) is 5.11 Å². The van der Waals surface area contributed by atoms with Gasteiger partial charge >= 0.3 is 0 Å². The van der Waals surface area contributed by atoms with E-state index in [0.29, 0.717) is 6.42 Å². The summed E-state index contributed by atoms with van der Waals surface area (Å²) >= 11 is 0. The zero-order chi connectivity index (χ0) is 15.6. The predicted molar refractivity (Wildman–Crippen MR) is 91.5 cm³/mol. The summed E-state index contributed by atoms with van der Waals surface area (Å²) in [6, 6.07) is 0. The fourth-order valence-corrected chi connectivity index (χ4v) is 2.83. The van der Waals surface area contributed by atoms with Crippen molar-refractivity contribution < 1.29 is 9.50 Å². The number of aliphatic hydroxyl groups excluding tert-OH is 1. The highest BCUT2D eigenvalue weighted by atomic mass is 19.1. The number of hydrogen-bond acceptors (Lipinski definition) is 1. The summed E-state index contributed by atoms with van der Waals surface area (Å²) in [4.78, 5) is 0. The Labute approximate surface area is 132 Å². The van der Waals surface area contributed by atoms with Gasteiger partial charge in [-0.15, -0.1) is 0 Å². The van der Waals surface area contributed by atoms with Gasteiger partial charge < -0.3 is 5.11 Å². The molecule has 21 heavy (non-hydrogen) atoms. The normalized spacial score (nSPS) is 12.7. The van der Waals surface area contributed by atoms with Crippen molar-refractivity contribution in [1.29, 1.82) is 0 Å². The summed E-state index contributed by atoms with van der Waals surface area (Å²) in [5.74, 6) is 0. The summed E-state index contributed by atoms with van der Waals surface area (Å²) < 4.78 is 13.4. The fraction of sp³-hybridized carbons (Fsp3) is 1.00. The van der Waals surface area contributed by atoms with Crippen molar-refractivity contribution >= 4 is 0 Å². The van der Waals surface area contributed by atoms with Crippen LogP contribution in [0.5, 0.6) is 0 Å². The highest BCUT2D eigenvalue weighted by Crippen LogP contribution is 2.15. The van der Waals surface area contributed by atoms with Gasteiger partial charge in [-0.3, -0.25) is 0 Å². The van der Waals surface area contributed by atoms with E-state index >= 15 is 0 Å². The van der Waals surface area contributed by atoms with Gasteiger partial charge in [0.2, 0.25) is 0 Å². The predicted octanol–water partition coefficient (Wildman–Crippen LogP) is 6.58. The zero-order valence-corrected chi connectivity index (χ0v) is 14.4. The summed E-state index contributed by atoms with van der Waals surface area (Å²) in [5, 5.41) is 8.65. The molecule has 1 nitrogen and oxygen atoms in total. The topological polar surface area (TPSA) is 20.2 Å². The monoisotopic (exact) mass is 302 g/mol. The molecule has 0 saturated heterocycles. The fourth-order valence-electron chi connectivity index (χ4n) is 2.83. The number of alkyl halides is 1. The van der Waals surface area contributed by atoms with E-state index in [-0.39, 0.29) is 6.61 Å². The summed E-state index contributed by atoms with van der Waals surface area (Å²) in [5.41, 5.74) is 0. The van der Waals surface area contributed by atoms with E-state index in [2.05, 4.69) is 6.92 Å². The standard InChI is InChI=1S/C19H39FO/c1-2-3-4-5-6-7-8-9-10-11-12-13-16-19(20)17-14-15-18-21/h19,21H,2-18H2,1H3/t19-/m1/s1. The molecule has 1 atom stereocenters. The Bertz CT molecular complexity index is 184. The SMILES string of the molecule is CCCCCCCCCCCCCC[C@@H](F)CCCCO. The second-order valence-corrected chi connectivity index (χ2v) is 6.49. The van der Waals surface area contributed by atoms with E-state index in [9.17, 15) is 4.39 Å². The number of hydrogen-bond donors (Lipinski definition) is 1. The van der Waals surface area contributed by atoms with Gasteiger partial charge in [-0.05, 0) is 25.7 Å². The number of unbranched alkanes of at least 4 members (excludes halogenated alkanes) is 12. The van der Waals surface area contributed by atoms with Crippen molar-refractivity contribution in [2.75, 3.05) is 6.61 Å². The molecule has 128 valence electrons. The average Bonchev–Trinajstić information content (AvgIpc) is 2.48. The minimum atomic E-state index is -0.639. The van der Waals surface area contributed by atoms with Crippen LogP contribution in [0.1, 0.15) is 110 Å². The summed E-state index contributed by atoms with van der Waals surface area (Å²) in [7, 11) is 0. The molecule has 0 radical (unpaired) electrons. The lowest BCUT2D eigenvalue weighted by molar-refractivity contribution is 0.251. The van der Waals surface area contributed by atoms with E-state index in [1.54, 1.807) is 0 Å². The third-order valence-corrected chi connectivity index (χ3v) is 4.30. The molecule has 0 rings (SSSR count). The van der Waals surface area contributed by atoms with Crippen molar-refractivity contribution in [3.05, 3.63) is 0 Å². The highest BCUT2D eigenvalue weighted by Gasteiger charge is 2.05. The third kappa shape index (κ3) is 17.8. The Hall–Kier alpha value is -0.110. The van der Waals surface area contributed by atoms with Crippen LogP contribution in [0, 0.1) is 0 Å². The number of rotatable bonds is 17. The van der Waals surface area contributed by atoms with Crippen LogP contribution in [0.2, 0.25) is 0 Å². The van der Waals surface area contributed by atoms with Crippen LogP contribution >= 0.6 is 0 Å². The Kier molecular flexibility index (Phi) is 17.8. The lowest BCUT2D eigenvalue weighted by Crippen LogP contribution is -2.00. The molecule has 2 heteroatoms. The molecule has 0 amide bonds. The quantitative estimate of drug-likeness (QED) is 0.301. The van der Waals surface area contributed by atoms with Crippen molar-refractivity contribution in [3.8, 4) is 0 Å². The molecular weight excluding hydrogens is 263 g/mol. The van der Waals surface area contributed by atoms with Gasteiger partial charge in [-0.2, -0.15) is 0 Å². The first-order valence-corrected chi connectivity index (χ1v) is 9.56. The maximum absolute atomic E-state index is 13.4. The second kappa shape index (κ2) is 17.9. The lowest BCUT2D eigenvalue weighted by atomic mass is 10.0. The number of halogens is 1. The van der Waals surface area contributed by atoms with Gasteiger partial charge in [-0.1, -0.05) is 84.0 Å². The zero-order valence-electron chi connectivity index (χ0n) is 14.4. The third-order valence-electron chi connectivity index (χ3n) is 4.30. The first-order valence-electron chi connectivity index (χ1n) is 9.56. The van der Waals surface area contributed by atoms with Crippen LogP contribution in [0.4, 0.5) is 4.39 Å². The first-order chi connectivity index (χ1) is 10.3. The van der Waals surface area contributed by atoms with E-state index in [0.717, 1.165) is 25.7 Å². The molecule has 0 bridgehead atoms. The van der Waals surface area contributed by atoms with Crippen LogP contribution in [0.25, 0.3) is 0 Å². The van der Waals surface area contributed by atoms with Gasteiger partial charge in [0.25, 0.3) is 0 Å². The van der Waals surface area contributed by atoms with Crippen LogP contribution in [0.15, 0.2) is 0 Å². The molecule has 0 saturated carbocycles. The van der Waals surface area contributed by atoms with Crippen LogP contribution < -0.4 is 0 Å². The van der Waals surface area contributed by atoms with Gasteiger partial charge in [0.1, 0.15) is 6.17 Å². The Balaban J connectivity index is 3.05. The Morgan fingerprint density at radius 1 is 0.619 bits per heavy atom. The summed E-state index contributed by atoms with van der Waals surface area (Å²) in [6.07, 6.45) is 18.3. The van der Waals surface area contributed by atoms with Crippen LogP contribution in [0.3, 0.4) is 0 Å². The minimum absolute atomic E-state index is 0.200. The Morgan fingerprint density at radius 3 is 1.43 bits per heavy atom. The molecule has 0 aliphatic carbocycles. The van der Waals surface area contributed by atoms with Crippen molar-refractivity contribution in [2.45, 2.75) is 116 Å². The molecular formula is C19H39FO. The van der Waals surface area contributed by atoms with Crippen LogP contribution in [-0.4, -0.2) is 17.9 Å². The van der Waals surface area contributed by atoms with Gasteiger partial charge in [-0.25, -0.2) is 4.39 Å². The van der Waals surface area contributed by atoms with Gasteiger partial charge in [0, 0.05) is 6.61 Å². The molecule has 0 spiro atoms. The van der Waals surface area contributed by atoms with Gasteiger partial charge in [0.05, 0.1) is 0 Å². The smallest absolute Gasteiger partial charge is 0.100 e. The highest BCUT2D eigenvalue weighted by molar-refractivity contribution is 4.57. The van der Waals surface area contributed by atoms with E-state index in [1.165, 1.54) is 70.6 Å². The molecule has 0 aromatic rings. The molecule has 0 aliphatic rings. The molecule has 0 aromatic carbocycles. The lowest BCUT2D eigenvalue weighted by Gasteiger charge is -2.07. The van der Waals surface area contributed by atoms with E-state index in [1.807, 2.05) is 0 Å². The first kappa shape index (κ1) is 20.9. The van der Waals surface area contributed by atoms with Gasteiger partial charge in [0.15, 0.2) is 0 Å².